The van der Waals surface area contributed by atoms with Crippen LogP contribution in [0.1, 0.15) is 13.3 Å². The van der Waals surface area contributed by atoms with E-state index in [9.17, 15) is 4.79 Å². The van der Waals surface area contributed by atoms with Crippen LogP contribution < -0.4 is 10.7 Å². The van der Waals surface area contributed by atoms with Gasteiger partial charge in [0.25, 0.3) is 0 Å². The summed E-state index contributed by atoms with van der Waals surface area (Å²) in [6, 6.07) is -0.455. The molecule has 1 atom stereocenters. The summed E-state index contributed by atoms with van der Waals surface area (Å²) in [5, 5.41) is 5.77. The van der Waals surface area contributed by atoms with E-state index >= 15 is 0 Å². The molecule has 1 aliphatic rings. The van der Waals surface area contributed by atoms with Crippen LogP contribution in [0.15, 0.2) is 35.3 Å². The normalized spacial score (nSPS) is 18.1. The third kappa shape index (κ3) is 2.53. The molecule has 1 aromatic rings. The van der Waals surface area contributed by atoms with E-state index in [4.69, 9.17) is 5.73 Å². The third-order valence-corrected chi connectivity index (χ3v) is 3.19. The van der Waals surface area contributed by atoms with Crippen LogP contribution in [0.3, 0.4) is 0 Å². The summed E-state index contributed by atoms with van der Waals surface area (Å²) in [5.74, 6) is 0.472. The molecule has 1 unspecified atom stereocenters. The van der Waals surface area contributed by atoms with E-state index in [1.54, 1.807) is 11.6 Å². The minimum Gasteiger partial charge on any atom is -0.368 e. The molecular formula is C12H16N4OS. The lowest BCUT2D eigenvalue weighted by atomic mass is 10.2. The first-order valence-corrected chi connectivity index (χ1v) is 6.76. The standard InChI is InChI=1S/C12H16N4OS/c1-2-6-16(11-8-18-9-14-11)15-7-4-3-5-10(15)12(13)17/h3-5,7-10H,2,6H2,1H3,(H2,13,17). The summed E-state index contributed by atoms with van der Waals surface area (Å²) in [7, 11) is 0. The zero-order chi connectivity index (χ0) is 13.0. The second-order valence-corrected chi connectivity index (χ2v) is 4.64. The highest BCUT2D eigenvalue weighted by Crippen LogP contribution is 2.21. The molecule has 0 bridgehead atoms. The average Bonchev–Trinajstić information content (AvgIpc) is 2.89. The molecular weight excluding hydrogens is 248 g/mol. The third-order valence-electron chi connectivity index (χ3n) is 2.62. The molecule has 0 radical (unpaired) electrons. The number of anilines is 1. The van der Waals surface area contributed by atoms with Crippen molar-refractivity contribution in [3.63, 3.8) is 0 Å². The Morgan fingerprint density at radius 1 is 1.61 bits per heavy atom. The SMILES string of the molecule is CCCN(c1cscn1)N1C=CC=CC1C(N)=O. The fourth-order valence-electron chi connectivity index (χ4n) is 1.84. The molecule has 5 nitrogen and oxygen atoms in total. The van der Waals surface area contributed by atoms with Gasteiger partial charge in [0.05, 0.1) is 5.51 Å². The van der Waals surface area contributed by atoms with Crippen molar-refractivity contribution in [1.82, 2.24) is 9.99 Å². The Morgan fingerprint density at radius 3 is 3.06 bits per heavy atom. The zero-order valence-corrected chi connectivity index (χ0v) is 11.0. The van der Waals surface area contributed by atoms with Crippen molar-refractivity contribution in [2.75, 3.05) is 11.6 Å². The van der Waals surface area contributed by atoms with Gasteiger partial charge in [0.1, 0.15) is 6.04 Å². The summed E-state index contributed by atoms with van der Waals surface area (Å²) in [4.78, 5) is 15.8. The van der Waals surface area contributed by atoms with Gasteiger partial charge in [0.15, 0.2) is 5.82 Å². The number of primary amides is 1. The molecule has 0 aromatic carbocycles. The highest BCUT2D eigenvalue weighted by molar-refractivity contribution is 7.07. The van der Waals surface area contributed by atoms with Gasteiger partial charge in [-0.3, -0.25) is 14.8 Å². The number of aromatic nitrogens is 1. The topological polar surface area (TPSA) is 62.5 Å². The summed E-state index contributed by atoms with van der Waals surface area (Å²) in [6.07, 6.45) is 8.31. The predicted octanol–water partition coefficient (Wildman–Crippen LogP) is 1.51. The molecule has 1 amide bonds. The predicted molar refractivity (Wildman–Crippen MR) is 72.9 cm³/mol. The zero-order valence-electron chi connectivity index (χ0n) is 10.2. The van der Waals surface area contributed by atoms with Gasteiger partial charge < -0.3 is 5.73 Å². The quantitative estimate of drug-likeness (QED) is 0.875. The van der Waals surface area contributed by atoms with E-state index in [0.29, 0.717) is 0 Å². The molecule has 2 heterocycles. The second-order valence-electron chi connectivity index (χ2n) is 3.92. The summed E-state index contributed by atoms with van der Waals surface area (Å²) < 4.78 is 0. The van der Waals surface area contributed by atoms with Gasteiger partial charge in [-0.1, -0.05) is 19.1 Å². The number of carbonyl (C=O) groups excluding carboxylic acids is 1. The van der Waals surface area contributed by atoms with Gasteiger partial charge in [-0.15, -0.1) is 11.3 Å². The highest BCUT2D eigenvalue weighted by atomic mass is 32.1. The van der Waals surface area contributed by atoms with Gasteiger partial charge >= 0.3 is 0 Å². The first kappa shape index (κ1) is 12.6. The molecule has 18 heavy (non-hydrogen) atoms. The lowest BCUT2D eigenvalue weighted by molar-refractivity contribution is -0.121. The lowest BCUT2D eigenvalue weighted by Gasteiger charge is -2.38. The highest BCUT2D eigenvalue weighted by Gasteiger charge is 2.26. The van der Waals surface area contributed by atoms with Crippen LogP contribution in [0.2, 0.25) is 0 Å². The van der Waals surface area contributed by atoms with E-state index in [0.717, 1.165) is 18.8 Å². The molecule has 1 aromatic heterocycles. The smallest absolute Gasteiger partial charge is 0.246 e. The number of amides is 1. The Bertz CT molecular complexity index is 455. The van der Waals surface area contributed by atoms with E-state index in [1.165, 1.54) is 11.3 Å². The van der Waals surface area contributed by atoms with E-state index < -0.39 is 6.04 Å². The average molecular weight is 264 g/mol. The van der Waals surface area contributed by atoms with E-state index in [2.05, 4.69) is 11.9 Å². The molecule has 2 N–H and O–H groups in total. The fraction of sp³-hybridized carbons (Fsp3) is 0.333. The summed E-state index contributed by atoms with van der Waals surface area (Å²) in [5.41, 5.74) is 7.21. The number of carbonyl (C=O) groups is 1. The molecule has 0 saturated heterocycles. The number of nitrogens with zero attached hydrogens (tertiary/aromatic N) is 3. The number of allylic oxidation sites excluding steroid dienone is 2. The Kier molecular flexibility index (Phi) is 3.99. The van der Waals surface area contributed by atoms with E-state index in [-0.39, 0.29) is 5.91 Å². The van der Waals surface area contributed by atoms with Crippen molar-refractivity contribution < 1.29 is 4.79 Å². The Hall–Kier alpha value is -1.82. The molecule has 2 rings (SSSR count). The minimum atomic E-state index is -0.455. The summed E-state index contributed by atoms with van der Waals surface area (Å²) in [6.45, 7) is 2.87. The molecule has 96 valence electrons. The van der Waals surface area contributed by atoms with Crippen LogP contribution in [0.5, 0.6) is 0 Å². The number of rotatable bonds is 5. The fourth-order valence-corrected chi connectivity index (χ4v) is 2.37. The largest absolute Gasteiger partial charge is 0.368 e. The number of hydrogen-bond donors (Lipinski definition) is 1. The van der Waals surface area contributed by atoms with Crippen molar-refractivity contribution in [2.45, 2.75) is 19.4 Å². The van der Waals surface area contributed by atoms with Gasteiger partial charge in [0, 0.05) is 18.1 Å². The van der Waals surface area contributed by atoms with Gasteiger partial charge in [-0.2, -0.15) is 0 Å². The van der Waals surface area contributed by atoms with Crippen LogP contribution in [0.4, 0.5) is 5.82 Å². The van der Waals surface area contributed by atoms with Gasteiger partial charge in [-0.05, 0) is 12.5 Å². The van der Waals surface area contributed by atoms with Crippen LogP contribution in [-0.4, -0.2) is 28.5 Å². The van der Waals surface area contributed by atoms with Crippen molar-refractivity contribution in [1.29, 1.82) is 0 Å². The Balaban J connectivity index is 2.27. The lowest BCUT2D eigenvalue weighted by Crippen LogP contribution is -2.51. The molecule has 0 saturated carbocycles. The minimum absolute atomic E-state index is 0.369. The second kappa shape index (κ2) is 5.68. The van der Waals surface area contributed by atoms with E-state index in [1.807, 2.05) is 33.7 Å². The van der Waals surface area contributed by atoms with Crippen LogP contribution in [-0.2, 0) is 4.79 Å². The molecule has 0 fully saturated rings. The maximum atomic E-state index is 11.5. The maximum absolute atomic E-state index is 11.5. The van der Waals surface area contributed by atoms with Crippen LogP contribution in [0.25, 0.3) is 0 Å². The Labute approximate surface area is 110 Å². The van der Waals surface area contributed by atoms with Crippen molar-refractivity contribution in [2.24, 2.45) is 5.73 Å². The van der Waals surface area contributed by atoms with Crippen molar-refractivity contribution in [3.8, 4) is 0 Å². The Morgan fingerprint density at radius 2 is 2.44 bits per heavy atom. The number of nitrogens with two attached hydrogens (primary N) is 1. The molecule has 1 aliphatic heterocycles. The maximum Gasteiger partial charge on any atom is 0.246 e. The van der Waals surface area contributed by atoms with Crippen molar-refractivity contribution in [3.05, 3.63) is 35.3 Å². The summed E-state index contributed by atoms with van der Waals surface area (Å²) >= 11 is 1.53. The first-order chi connectivity index (χ1) is 8.74. The van der Waals surface area contributed by atoms with Crippen LogP contribution in [0, 0.1) is 0 Å². The molecule has 0 aliphatic carbocycles. The number of hydrogen-bond acceptors (Lipinski definition) is 5. The molecule has 0 spiro atoms. The van der Waals surface area contributed by atoms with Crippen LogP contribution >= 0.6 is 11.3 Å². The number of hydrazine groups is 1. The van der Waals surface area contributed by atoms with Gasteiger partial charge in [-0.25, -0.2) is 4.98 Å². The first-order valence-electron chi connectivity index (χ1n) is 5.82. The monoisotopic (exact) mass is 264 g/mol. The van der Waals surface area contributed by atoms with Crippen molar-refractivity contribution >= 4 is 23.1 Å². The van der Waals surface area contributed by atoms with Gasteiger partial charge in [0.2, 0.25) is 5.91 Å². The number of thiazole rings is 1. The molecule has 6 heteroatoms.